The standard InChI is InChI=1S/C10H14O2/c1-6-5-9(11)8-4-2-3-7(6)10(8)12/h6-8H,2-5H2,1H3/t6-,7?,8?/m1/s1. The van der Waals surface area contributed by atoms with E-state index in [0.717, 1.165) is 19.3 Å². The van der Waals surface area contributed by atoms with Gasteiger partial charge < -0.3 is 0 Å². The number of fused-ring (bicyclic) bond motifs is 2. The fraction of sp³-hybridized carbons (Fsp3) is 0.800. The molecule has 2 saturated carbocycles. The molecule has 0 amide bonds. The Morgan fingerprint density at radius 1 is 1.25 bits per heavy atom. The number of carbonyl (C=O) groups is 2. The molecule has 0 N–H and O–H groups in total. The second-order valence-corrected chi connectivity index (χ2v) is 4.14. The maximum absolute atomic E-state index is 11.6. The summed E-state index contributed by atoms with van der Waals surface area (Å²) >= 11 is 0. The van der Waals surface area contributed by atoms with Crippen LogP contribution in [-0.4, -0.2) is 11.6 Å². The third-order valence-corrected chi connectivity index (χ3v) is 3.32. The van der Waals surface area contributed by atoms with Crippen molar-refractivity contribution in [2.45, 2.75) is 32.6 Å². The summed E-state index contributed by atoms with van der Waals surface area (Å²) in [5.41, 5.74) is 0. The Balaban J connectivity index is 2.26. The van der Waals surface area contributed by atoms with E-state index in [1.165, 1.54) is 0 Å². The zero-order valence-corrected chi connectivity index (χ0v) is 7.38. The number of Topliss-reactive ketones (excluding diaryl/α,β-unsaturated/α-hetero) is 2. The highest BCUT2D eigenvalue weighted by Crippen LogP contribution is 2.38. The van der Waals surface area contributed by atoms with Crippen molar-refractivity contribution in [1.29, 1.82) is 0 Å². The molecule has 0 aromatic heterocycles. The molecule has 0 saturated heterocycles. The highest BCUT2D eigenvalue weighted by Gasteiger charge is 2.43. The van der Waals surface area contributed by atoms with Crippen LogP contribution in [0.15, 0.2) is 0 Å². The monoisotopic (exact) mass is 166 g/mol. The van der Waals surface area contributed by atoms with E-state index >= 15 is 0 Å². The Morgan fingerprint density at radius 2 is 2.00 bits per heavy atom. The molecule has 0 aromatic carbocycles. The molecule has 0 aliphatic heterocycles. The average molecular weight is 166 g/mol. The van der Waals surface area contributed by atoms with E-state index in [2.05, 4.69) is 0 Å². The summed E-state index contributed by atoms with van der Waals surface area (Å²) in [6, 6.07) is 0. The van der Waals surface area contributed by atoms with Crippen molar-refractivity contribution in [3.8, 4) is 0 Å². The maximum atomic E-state index is 11.6. The molecule has 2 aliphatic carbocycles. The highest BCUT2D eigenvalue weighted by atomic mass is 16.2. The molecule has 2 unspecified atom stereocenters. The zero-order chi connectivity index (χ0) is 8.72. The van der Waals surface area contributed by atoms with Crippen LogP contribution in [0.25, 0.3) is 0 Å². The van der Waals surface area contributed by atoms with E-state index in [1.807, 2.05) is 6.92 Å². The van der Waals surface area contributed by atoms with Gasteiger partial charge in [0.05, 0.1) is 5.92 Å². The lowest BCUT2D eigenvalue weighted by Gasteiger charge is -2.36. The lowest BCUT2D eigenvalue weighted by Crippen LogP contribution is -2.43. The smallest absolute Gasteiger partial charge is 0.146 e. The third kappa shape index (κ3) is 1.01. The fourth-order valence-electron chi connectivity index (χ4n) is 2.57. The summed E-state index contributed by atoms with van der Waals surface area (Å²) in [6.07, 6.45) is 3.54. The Labute approximate surface area is 72.3 Å². The van der Waals surface area contributed by atoms with Gasteiger partial charge in [-0.05, 0) is 18.8 Å². The van der Waals surface area contributed by atoms with Crippen molar-refractivity contribution in [2.24, 2.45) is 17.8 Å². The predicted octanol–water partition coefficient (Wildman–Crippen LogP) is 1.58. The van der Waals surface area contributed by atoms with Gasteiger partial charge in [0.2, 0.25) is 0 Å². The minimum atomic E-state index is -0.208. The summed E-state index contributed by atoms with van der Waals surface area (Å²) in [5.74, 6) is 0.747. The Morgan fingerprint density at radius 3 is 2.75 bits per heavy atom. The Hall–Kier alpha value is -0.660. The van der Waals surface area contributed by atoms with E-state index < -0.39 is 0 Å². The zero-order valence-electron chi connectivity index (χ0n) is 7.38. The van der Waals surface area contributed by atoms with E-state index in [9.17, 15) is 9.59 Å². The van der Waals surface area contributed by atoms with Gasteiger partial charge in [0.1, 0.15) is 11.6 Å². The third-order valence-electron chi connectivity index (χ3n) is 3.32. The average Bonchev–Trinajstić information content (AvgIpc) is 2.01. The SMILES string of the molecule is C[C@@H]1CC(=O)C2CCCC1C2=O. The van der Waals surface area contributed by atoms with Crippen LogP contribution in [0.3, 0.4) is 0 Å². The van der Waals surface area contributed by atoms with Crippen molar-refractivity contribution in [3.63, 3.8) is 0 Å². The normalized spacial score (nSPS) is 41.6. The largest absolute Gasteiger partial charge is 0.299 e. The lowest BCUT2D eigenvalue weighted by atomic mass is 9.66. The summed E-state index contributed by atoms with van der Waals surface area (Å²) in [7, 11) is 0. The van der Waals surface area contributed by atoms with Crippen LogP contribution in [0, 0.1) is 17.8 Å². The summed E-state index contributed by atoms with van der Waals surface area (Å²) in [4.78, 5) is 23.0. The number of hydrogen-bond donors (Lipinski definition) is 0. The van der Waals surface area contributed by atoms with Crippen molar-refractivity contribution >= 4 is 11.6 Å². The van der Waals surface area contributed by atoms with Crippen LogP contribution in [-0.2, 0) is 9.59 Å². The van der Waals surface area contributed by atoms with Crippen LogP contribution in [0.5, 0.6) is 0 Å². The minimum absolute atomic E-state index is 0.198. The first-order valence-corrected chi connectivity index (χ1v) is 4.76. The second kappa shape index (κ2) is 2.68. The van der Waals surface area contributed by atoms with Crippen LogP contribution >= 0.6 is 0 Å². The molecular formula is C10H14O2. The quantitative estimate of drug-likeness (QED) is 0.512. The van der Waals surface area contributed by atoms with E-state index in [1.54, 1.807) is 0 Å². The van der Waals surface area contributed by atoms with Crippen molar-refractivity contribution in [3.05, 3.63) is 0 Å². The summed E-state index contributed by atoms with van der Waals surface area (Å²) < 4.78 is 0. The number of ketones is 2. The number of hydrogen-bond acceptors (Lipinski definition) is 2. The molecule has 12 heavy (non-hydrogen) atoms. The van der Waals surface area contributed by atoms with E-state index in [-0.39, 0.29) is 23.4 Å². The van der Waals surface area contributed by atoms with Gasteiger partial charge in [0.15, 0.2) is 0 Å². The fourth-order valence-corrected chi connectivity index (χ4v) is 2.57. The molecule has 0 spiro atoms. The van der Waals surface area contributed by atoms with Crippen LogP contribution in [0.4, 0.5) is 0 Å². The molecule has 2 aliphatic rings. The molecule has 2 fully saturated rings. The van der Waals surface area contributed by atoms with E-state index in [0.29, 0.717) is 12.3 Å². The second-order valence-electron chi connectivity index (χ2n) is 4.14. The van der Waals surface area contributed by atoms with Gasteiger partial charge in [-0.2, -0.15) is 0 Å². The minimum Gasteiger partial charge on any atom is -0.299 e. The Bertz CT molecular complexity index is 232. The summed E-state index contributed by atoms with van der Waals surface area (Å²) in [5, 5.41) is 0. The van der Waals surface area contributed by atoms with Gasteiger partial charge in [0, 0.05) is 12.3 Å². The summed E-state index contributed by atoms with van der Waals surface area (Å²) in [6.45, 7) is 2.03. The Kier molecular flexibility index (Phi) is 1.78. The molecule has 0 aromatic rings. The molecule has 0 heterocycles. The molecule has 2 heteroatoms. The van der Waals surface area contributed by atoms with Crippen molar-refractivity contribution in [2.75, 3.05) is 0 Å². The molecule has 2 nitrogen and oxygen atoms in total. The first kappa shape index (κ1) is 7.96. The van der Waals surface area contributed by atoms with Crippen molar-refractivity contribution in [1.82, 2.24) is 0 Å². The number of carbonyl (C=O) groups excluding carboxylic acids is 2. The van der Waals surface area contributed by atoms with Gasteiger partial charge in [-0.1, -0.05) is 13.3 Å². The topological polar surface area (TPSA) is 34.1 Å². The molecule has 2 rings (SSSR count). The van der Waals surface area contributed by atoms with Crippen LogP contribution in [0.1, 0.15) is 32.6 Å². The van der Waals surface area contributed by atoms with Crippen LogP contribution in [0.2, 0.25) is 0 Å². The van der Waals surface area contributed by atoms with Gasteiger partial charge in [-0.15, -0.1) is 0 Å². The lowest BCUT2D eigenvalue weighted by molar-refractivity contribution is -0.144. The first-order chi connectivity index (χ1) is 5.70. The molecule has 2 bridgehead atoms. The number of rotatable bonds is 0. The molecular weight excluding hydrogens is 152 g/mol. The first-order valence-electron chi connectivity index (χ1n) is 4.76. The maximum Gasteiger partial charge on any atom is 0.146 e. The molecule has 3 atom stereocenters. The van der Waals surface area contributed by atoms with Gasteiger partial charge in [0.25, 0.3) is 0 Å². The molecule has 66 valence electrons. The van der Waals surface area contributed by atoms with Gasteiger partial charge in [-0.25, -0.2) is 0 Å². The van der Waals surface area contributed by atoms with E-state index in [4.69, 9.17) is 0 Å². The van der Waals surface area contributed by atoms with Gasteiger partial charge in [-0.3, -0.25) is 9.59 Å². The van der Waals surface area contributed by atoms with Crippen LogP contribution < -0.4 is 0 Å². The van der Waals surface area contributed by atoms with Gasteiger partial charge >= 0.3 is 0 Å². The predicted molar refractivity (Wildman–Crippen MR) is 44.6 cm³/mol. The van der Waals surface area contributed by atoms with Crippen molar-refractivity contribution < 1.29 is 9.59 Å². The highest BCUT2D eigenvalue weighted by molar-refractivity contribution is 6.06. The molecule has 0 radical (unpaired) electrons.